The third-order valence-corrected chi connectivity index (χ3v) is 3.75. The van der Waals surface area contributed by atoms with Crippen LogP contribution in [-0.4, -0.2) is 48.2 Å². The number of carboxylic acid groups (broad SMARTS) is 1. The van der Waals surface area contributed by atoms with Crippen molar-refractivity contribution in [2.45, 2.75) is 46.6 Å². The lowest BCUT2D eigenvalue weighted by atomic mass is 9.85. The third-order valence-electron chi connectivity index (χ3n) is 3.75. The minimum absolute atomic E-state index is 0.00365. The Morgan fingerprint density at radius 1 is 1.37 bits per heavy atom. The van der Waals surface area contributed by atoms with Gasteiger partial charge in [0.1, 0.15) is 0 Å². The van der Waals surface area contributed by atoms with Crippen LogP contribution in [0.2, 0.25) is 0 Å². The third kappa shape index (κ3) is 4.20. The molecule has 1 saturated heterocycles. The number of hydrogen-bond donors (Lipinski definition) is 1. The molecule has 1 fully saturated rings. The van der Waals surface area contributed by atoms with E-state index < -0.39 is 11.4 Å². The summed E-state index contributed by atoms with van der Waals surface area (Å²) in [6, 6.07) is 0. The largest absolute Gasteiger partial charge is 0.481 e. The molecule has 0 spiro atoms. The summed E-state index contributed by atoms with van der Waals surface area (Å²) in [5, 5.41) is 8.85. The van der Waals surface area contributed by atoms with Crippen molar-refractivity contribution in [3.63, 3.8) is 0 Å². The van der Waals surface area contributed by atoms with Gasteiger partial charge in [-0.05, 0) is 5.41 Å². The molecule has 5 heteroatoms. The monoisotopic (exact) mass is 271 g/mol. The van der Waals surface area contributed by atoms with Crippen LogP contribution >= 0.6 is 0 Å². The average molecular weight is 271 g/mol. The van der Waals surface area contributed by atoms with Gasteiger partial charge >= 0.3 is 5.97 Å². The number of aliphatic carboxylic acids is 1. The molecule has 1 unspecified atom stereocenters. The van der Waals surface area contributed by atoms with E-state index in [0.29, 0.717) is 13.1 Å². The first kappa shape index (κ1) is 16.0. The zero-order chi connectivity index (χ0) is 14.8. The first-order valence-corrected chi connectivity index (χ1v) is 6.60. The highest BCUT2D eigenvalue weighted by Crippen LogP contribution is 2.34. The molecular formula is C14H25NO4. The van der Waals surface area contributed by atoms with Crippen molar-refractivity contribution in [2.75, 3.05) is 20.2 Å². The maximum absolute atomic E-state index is 12.3. The van der Waals surface area contributed by atoms with Crippen molar-refractivity contribution in [2.24, 2.45) is 10.8 Å². The number of carbonyl (C=O) groups is 2. The van der Waals surface area contributed by atoms with Crippen LogP contribution in [0.1, 0.15) is 40.5 Å². The zero-order valence-electron chi connectivity index (χ0n) is 12.5. The normalized spacial score (nSPS) is 22.6. The summed E-state index contributed by atoms with van der Waals surface area (Å²) in [7, 11) is 1.66. The summed E-state index contributed by atoms with van der Waals surface area (Å²) >= 11 is 0. The van der Waals surface area contributed by atoms with Crippen LogP contribution < -0.4 is 0 Å². The van der Waals surface area contributed by atoms with Crippen molar-refractivity contribution < 1.29 is 19.4 Å². The molecule has 5 nitrogen and oxygen atoms in total. The molecule has 1 atom stereocenters. The number of methoxy groups -OCH3 is 1. The molecule has 1 aliphatic rings. The van der Waals surface area contributed by atoms with E-state index in [1.54, 1.807) is 12.0 Å². The van der Waals surface area contributed by atoms with Crippen LogP contribution in [0.4, 0.5) is 0 Å². The maximum Gasteiger partial charge on any atom is 0.303 e. The molecule has 1 N–H and O–H groups in total. The summed E-state index contributed by atoms with van der Waals surface area (Å²) in [5.74, 6) is -0.854. The first-order valence-electron chi connectivity index (χ1n) is 6.60. The molecule has 1 rings (SSSR count). The molecule has 1 amide bonds. The van der Waals surface area contributed by atoms with Crippen LogP contribution in [-0.2, 0) is 14.3 Å². The van der Waals surface area contributed by atoms with Gasteiger partial charge in [-0.2, -0.15) is 0 Å². The molecule has 1 heterocycles. The minimum Gasteiger partial charge on any atom is -0.481 e. The maximum atomic E-state index is 12.3. The van der Waals surface area contributed by atoms with Gasteiger partial charge in [0.25, 0.3) is 0 Å². The summed E-state index contributed by atoms with van der Waals surface area (Å²) < 4.78 is 5.41. The molecular weight excluding hydrogens is 246 g/mol. The van der Waals surface area contributed by atoms with E-state index in [9.17, 15) is 9.59 Å². The molecule has 1 aliphatic heterocycles. The van der Waals surface area contributed by atoms with Crippen LogP contribution in [0, 0.1) is 10.8 Å². The molecule has 0 bridgehead atoms. The van der Waals surface area contributed by atoms with E-state index >= 15 is 0 Å². The summed E-state index contributed by atoms with van der Waals surface area (Å²) in [5.41, 5.74) is -0.570. The van der Waals surface area contributed by atoms with Gasteiger partial charge in [-0.3, -0.25) is 9.59 Å². The van der Waals surface area contributed by atoms with E-state index in [-0.39, 0.29) is 30.3 Å². The fourth-order valence-electron chi connectivity index (χ4n) is 2.68. The van der Waals surface area contributed by atoms with Crippen molar-refractivity contribution in [1.29, 1.82) is 0 Å². The van der Waals surface area contributed by atoms with Gasteiger partial charge < -0.3 is 14.7 Å². The number of rotatable bonds is 5. The lowest BCUT2D eigenvalue weighted by Gasteiger charge is -2.26. The van der Waals surface area contributed by atoms with Gasteiger partial charge in [-0.15, -0.1) is 0 Å². The van der Waals surface area contributed by atoms with Crippen molar-refractivity contribution in [3.8, 4) is 0 Å². The molecule has 0 aromatic heterocycles. The van der Waals surface area contributed by atoms with Crippen molar-refractivity contribution in [1.82, 2.24) is 4.90 Å². The predicted octanol–water partition coefficient (Wildman–Crippen LogP) is 1.76. The van der Waals surface area contributed by atoms with E-state index in [0.717, 1.165) is 0 Å². The Kier molecular flexibility index (Phi) is 4.61. The number of carboxylic acids is 1. The molecule has 0 aromatic carbocycles. The van der Waals surface area contributed by atoms with E-state index in [4.69, 9.17) is 9.84 Å². The van der Waals surface area contributed by atoms with Gasteiger partial charge in [0.15, 0.2) is 0 Å². The number of hydrogen-bond acceptors (Lipinski definition) is 3. The second-order valence-electron chi connectivity index (χ2n) is 6.90. The van der Waals surface area contributed by atoms with Crippen molar-refractivity contribution >= 4 is 11.9 Å². The standard InChI is InChI=1S/C14H25NO4/c1-13(2,7-12(17)18)6-11(16)15-8-10(19-5)14(3,4)9-15/h10H,6-9H2,1-5H3,(H,17,18). The second kappa shape index (κ2) is 5.49. The van der Waals surface area contributed by atoms with Crippen LogP contribution in [0.3, 0.4) is 0 Å². The van der Waals surface area contributed by atoms with Gasteiger partial charge in [-0.25, -0.2) is 0 Å². The Hall–Kier alpha value is -1.10. The molecule has 0 aliphatic carbocycles. The topological polar surface area (TPSA) is 66.8 Å². The number of ether oxygens (including phenoxy) is 1. The predicted molar refractivity (Wildman–Crippen MR) is 71.8 cm³/mol. The lowest BCUT2D eigenvalue weighted by Crippen LogP contribution is -2.34. The van der Waals surface area contributed by atoms with Gasteiger partial charge in [-0.1, -0.05) is 27.7 Å². The van der Waals surface area contributed by atoms with E-state index in [1.165, 1.54) is 0 Å². The molecule has 0 radical (unpaired) electrons. The molecule has 0 aromatic rings. The van der Waals surface area contributed by atoms with Crippen molar-refractivity contribution in [3.05, 3.63) is 0 Å². The molecule has 110 valence electrons. The molecule has 19 heavy (non-hydrogen) atoms. The molecule has 0 saturated carbocycles. The minimum atomic E-state index is -0.866. The Balaban J connectivity index is 2.63. The Bertz CT molecular complexity index is 362. The Morgan fingerprint density at radius 2 is 1.95 bits per heavy atom. The van der Waals surface area contributed by atoms with Crippen LogP contribution in [0.25, 0.3) is 0 Å². The Morgan fingerprint density at radius 3 is 2.37 bits per heavy atom. The number of likely N-dealkylation sites (tertiary alicyclic amines) is 1. The van der Waals surface area contributed by atoms with Gasteiger partial charge in [0, 0.05) is 32.0 Å². The fourth-order valence-corrected chi connectivity index (χ4v) is 2.68. The smallest absolute Gasteiger partial charge is 0.303 e. The highest BCUT2D eigenvalue weighted by atomic mass is 16.5. The number of carbonyl (C=O) groups excluding carboxylic acids is 1. The highest BCUT2D eigenvalue weighted by molar-refractivity contribution is 5.78. The lowest BCUT2D eigenvalue weighted by molar-refractivity contribution is -0.140. The SMILES string of the molecule is COC1CN(C(=O)CC(C)(C)CC(=O)O)CC1(C)C. The van der Waals surface area contributed by atoms with Gasteiger partial charge in [0.2, 0.25) is 5.91 Å². The summed E-state index contributed by atoms with van der Waals surface area (Å²) in [4.78, 5) is 24.8. The quantitative estimate of drug-likeness (QED) is 0.827. The van der Waals surface area contributed by atoms with Crippen LogP contribution in [0.15, 0.2) is 0 Å². The highest BCUT2D eigenvalue weighted by Gasteiger charge is 2.42. The average Bonchev–Trinajstić information content (AvgIpc) is 2.50. The van der Waals surface area contributed by atoms with Gasteiger partial charge in [0.05, 0.1) is 12.5 Å². The summed E-state index contributed by atoms with van der Waals surface area (Å²) in [6.07, 6.45) is 0.300. The Labute approximate surface area is 114 Å². The number of amides is 1. The van der Waals surface area contributed by atoms with E-state index in [2.05, 4.69) is 13.8 Å². The summed E-state index contributed by atoms with van der Waals surface area (Å²) in [6.45, 7) is 9.04. The first-order chi connectivity index (χ1) is 8.57. The zero-order valence-corrected chi connectivity index (χ0v) is 12.5. The fraction of sp³-hybridized carbons (Fsp3) is 0.857. The van der Waals surface area contributed by atoms with Crippen LogP contribution in [0.5, 0.6) is 0 Å². The van der Waals surface area contributed by atoms with E-state index in [1.807, 2.05) is 13.8 Å². The second-order valence-corrected chi connectivity index (χ2v) is 6.90. The number of nitrogens with zero attached hydrogens (tertiary/aromatic N) is 1.